The molecule has 12 heteroatoms. The average molecular weight is 590 g/mol. The first-order valence-corrected chi connectivity index (χ1v) is 13.5. The molecule has 214 valence electrons. The normalized spacial score (nSPS) is 12.6. The van der Waals surface area contributed by atoms with Gasteiger partial charge < -0.3 is 19.5 Å². The largest absolute Gasteiger partial charge is 0.493 e. The predicted octanol–water partition coefficient (Wildman–Crippen LogP) is 5.77. The van der Waals surface area contributed by atoms with E-state index in [1.165, 1.54) is 55.6 Å². The van der Waals surface area contributed by atoms with Gasteiger partial charge in [-0.15, -0.1) is 0 Å². The van der Waals surface area contributed by atoms with Gasteiger partial charge in [-0.3, -0.25) is 14.3 Å². The summed E-state index contributed by atoms with van der Waals surface area (Å²) in [6.07, 6.45) is 3.65. The molecule has 0 radical (unpaired) electrons. The minimum absolute atomic E-state index is 0.0484. The Morgan fingerprint density at radius 2 is 1.74 bits per heavy atom. The minimum Gasteiger partial charge on any atom is -0.493 e. The quantitative estimate of drug-likeness (QED) is 0.256. The number of ether oxygens (including phenoxy) is 3. The molecule has 1 aliphatic rings. The highest BCUT2D eigenvalue weighted by Gasteiger charge is 2.28. The summed E-state index contributed by atoms with van der Waals surface area (Å²) < 4.78 is 33.5. The molecule has 0 bridgehead atoms. The first-order chi connectivity index (χ1) is 20.4. The van der Waals surface area contributed by atoms with Crippen molar-refractivity contribution < 1.29 is 23.4 Å². The molecular formula is C30H25ClFN5O5. The molecule has 2 aromatic heterocycles. The van der Waals surface area contributed by atoms with Crippen molar-refractivity contribution in [3.05, 3.63) is 93.4 Å². The topological polar surface area (TPSA) is 110 Å². The van der Waals surface area contributed by atoms with Crippen LogP contribution in [-0.2, 0) is 13.0 Å². The van der Waals surface area contributed by atoms with E-state index < -0.39 is 17.3 Å². The molecule has 1 N–H and O–H groups in total. The predicted molar refractivity (Wildman–Crippen MR) is 155 cm³/mol. The van der Waals surface area contributed by atoms with Gasteiger partial charge in [-0.2, -0.15) is 0 Å². The summed E-state index contributed by atoms with van der Waals surface area (Å²) in [5.74, 6) is 0.582. The fourth-order valence-electron chi connectivity index (χ4n) is 5.10. The van der Waals surface area contributed by atoms with Gasteiger partial charge in [0.1, 0.15) is 23.5 Å². The second kappa shape index (κ2) is 11.2. The molecule has 3 heterocycles. The van der Waals surface area contributed by atoms with Crippen molar-refractivity contribution in [1.82, 2.24) is 19.3 Å². The van der Waals surface area contributed by atoms with Crippen molar-refractivity contribution in [3.8, 4) is 28.8 Å². The molecule has 0 atom stereocenters. The Balaban J connectivity index is 1.28. The van der Waals surface area contributed by atoms with Gasteiger partial charge in [0.2, 0.25) is 5.88 Å². The number of methoxy groups -OCH3 is 2. The zero-order chi connectivity index (χ0) is 29.4. The van der Waals surface area contributed by atoms with Crippen molar-refractivity contribution in [2.75, 3.05) is 19.5 Å². The Labute approximate surface area is 244 Å². The molecule has 0 fully saturated rings. The molecule has 0 saturated carbocycles. The van der Waals surface area contributed by atoms with Gasteiger partial charge in [-0.05, 0) is 67.8 Å². The number of carbonyl (C=O) groups excluding carboxylic acids is 1. The smallest absolute Gasteiger partial charge is 0.284 e. The monoisotopic (exact) mass is 589 g/mol. The lowest BCUT2D eigenvalue weighted by Crippen LogP contribution is -2.26. The van der Waals surface area contributed by atoms with Crippen LogP contribution in [-0.4, -0.2) is 39.5 Å². The standard InChI is InChI=1S/C30H25ClFN5O5/c1-40-25-14-20-22(15-26(25)41-2)33-16-34-29(20)42-24-11-8-18(13-21(24)31)35-28(38)27-23-5-3-4-12-36(23)37(30(27)39)19-9-6-17(32)7-10-19/h6-11,13-16H,3-5,12H2,1-2H3,(H,35,38). The maximum absolute atomic E-state index is 13.5. The SMILES string of the molecule is COc1cc2ncnc(Oc3ccc(NC(=O)c4c5n(n(-c6ccc(F)cc6)c4=O)CCCC5)cc3Cl)c2cc1OC. The number of nitrogens with one attached hydrogen (secondary N) is 1. The van der Waals surface area contributed by atoms with E-state index in [0.717, 1.165) is 12.8 Å². The van der Waals surface area contributed by atoms with Gasteiger partial charge in [-0.25, -0.2) is 19.0 Å². The van der Waals surface area contributed by atoms with Gasteiger partial charge in [0, 0.05) is 18.3 Å². The lowest BCUT2D eigenvalue weighted by atomic mass is 10.1. The van der Waals surface area contributed by atoms with E-state index in [0.29, 0.717) is 58.2 Å². The van der Waals surface area contributed by atoms with E-state index >= 15 is 0 Å². The molecular weight excluding hydrogens is 565 g/mol. The average Bonchev–Trinajstić information content (AvgIpc) is 3.30. The van der Waals surface area contributed by atoms with Crippen LogP contribution in [0.1, 0.15) is 28.9 Å². The lowest BCUT2D eigenvalue weighted by Gasteiger charge is -2.19. The van der Waals surface area contributed by atoms with E-state index in [9.17, 15) is 14.0 Å². The highest BCUT2D eigenvalue weighted by Crippen LogP contribution is 2.38. The summed E-state index contributed by atoms with van der Waals surface area (Å²) >= 11 is 6.54. The highest BCUT2D eigenvalue weighted by molar-refractivity contribution is 6.32. The second-order valence-electron chi connectivity index (χ2n) is 9.60. The first kappa shape index (κ1) is 27.3. The number of nitrogens with zero attached hydrogens (tertiary/aromatic N) is 4. The lowest BCUT2D eigenvalue weighted by molar-refractivity contribution is 0.102. The maximum atomic E-state index is 13.5. The van der Waals surface area contributed by atoms with Crippen LogP contribution in [0.25, 0.3) is 16.6 Å². The number of amides is 1. The minimum atomic E-state index is -0.556. The summed E-state index contributed by atoms with van der Waals surface area (Å²) in [5, 5.41) is 3.58. The van der Waals surface area contributed by atoms with Crippen molar-refractivity contribution >= 4 is 34.1 Å². The van der Waals surface area contributed by atoms with E-state index in [4.69, 9.17) is 25.8 Å². The number of anilines is 1. The van der Waals surface area contributed by atoms with Crippen molar-refractivity contribution in [2.45, 2.75) is 25.8 Å². The molecule has 10 nitrogen and oxygen atoms in total. The van der Waals surface area contributed by atoms with Gasteiger partial charge in [0.05, 0.1) is 41.5 Å². The van der Waals surface area contributed by atoms with Crippen LogP contribution in [0.5, 0.6) is 23.1 Å². The van der Waals surface area contributed by atoms with E-state index in [1.54, 1.807) is 28.9 Å². The molecule has 42 heavy (non-hydrogen) atoms. The Bertz CT molecular complexity index is 1890. The number of carbonyl (C=O) groups is 1. The molecule has 0 unspecified atom stereocenters. The van der Waals surface area contributed by atoms with Gasteiger partial charge in [0.15, 0.2) is 11.5 Å². The second-order valence-corrected chi connectivity index (χ2v) is 10.0. The van der Waals surface area contributed by atoms with Crippen LogP contribution in [0, 0.1) is 5.82 Å². The van der Waals surface area contributed by atoms with Crippen LogP contribution >= 0.6 is 11.6 Å². The first-order valence-electron chi connectivity index (χ1n) is 13.1. The molecule has 1 aliphatic heterocycles. The third-order valence-corrected chi connectivity index (χ3v) is 7.38. The Kier molecular flexibility index (Phi) is 7.26. The van der Waals surface area contributed by atoms with Crippen LogP contribution in [0.3, 0.4) is 0 Å². The fourth-order valence-corrected chi connectivity index (χ4v) is 5.32. The summed E-state index contributed by atoms with van der Waals surface area (Å²) in [6.45, 7) is 0.573. The van der Waals surface area contributed by atoms with Crippen LogP contribution < -0.4 is 25.1 Å². The van der Waals surface area contributed by atoms with Crippen molar-refractivity contribution in [1.29, 1.82) is 0 Å². The van der Waals surface area contributed by atoms with Gasteiger partial charge in [-0.1, -0.05) is 11.6 Å². The molecule has 0 aliphatic carbocycles. The third-order valence-electron chi connectivity index (χ3n) is 7.08. The third kappa shape index (κ3) is 4.92. The molecule has 5 aromatic rings. The molecule has 0 spiro atoms. The number of aromatic nitrogens is 4. The Morgan fingerprint density at radius 3 is 2.48 bits per heavy atom. The zero-order valence-corrected chi connectivity index (χ0v) is 23.4. The fraction of sp³-hybridized carbons (Fsp3) is 0.200. The van der Waals surface area contributed by atoms with Gasteiger partial charge >= 0.3 is 0 Å². The molecule has 0 saturated heterocycles. The number of fused-ring (bicyclic) bond motifs is 2. The zero-order valence-electron chi connectivity index (χ0n) is 22.7. The summed E-state index contributed by atoms with van der Waals surface area (Å²) in [5.41, 5.74) is 1.67. The molecule has 6 rings (SSSR count). The number of benzene rings is 3. The van der Waals surface area contributed by atoms with Crippen LogP contribution in [0.2, 0.25) is 5.02 Å². The number of hydrogen-bond donors (Lipinski definition) is 1. The van der Waals surface area contributed by atoms with Gasteiger partial charge in [0.25, 0.3) is 11.5 Å². The number of hydrogen-bond acceptors (Lipinski definition) is 7. The summed E-state index contributed by atoms with van der Waals surface area (Å²) in [4.78, 5) is 35.5. The van der Waals surface area contributed by atoms with E-state index in [1.807, 2.05) is 0 Å². The van der Waals surface area contributed by atoms with E-state index in [-0.39, 0.29) is 16.5 Å². The van der Waals surface area contributed by atoms with Crippen molar-refractivity contribution in [2.24, 2.45) is 0 Å². The molecule has 3 aromatic carbocycles. The Morgan fingerprint density at radius 1 is 0.976 bits per heavy atom. The van der Waals surface area contributed by atoms with Crippen LogP contribution in [0.4, 0.5) is 10.1 Å². The summed E-state index contributed by atoms with van der Waals surface area (Å²) in [7, 11) is 3.06. The number of rotatable bonds is 7. The van der Waals surface area contributed by atoms with E-state index in [2.05, 4.69) is 15.3 Å². The Hall–Kier alpha value is -4.90. The summed E-state index contributed by atoms with van der Waals surface area (Å²) in [6, 6.07) is 13.8. The van der Waals surface area contributed by atoms with Crippen molar-refractivity contribution in [3.63, 3.8) is 0 Å². The number of halogens is 2. The maximum Gasteiger partial charge on any atom is 0.284 e. The van der Waals surface area contributed by atoms with Crippen LogP contribution in [0.15, 0.2) is 65.7 Å². The molecule has 1 amide bonds. The highest BCUT2D eigenvalue weighted by atomic mass is 35.5.